The number of rotatable bonds is 6. The van der Waals surface area contributed by atoms with E-state index in [-0.39, 0.29) is 11.5 Å². The summed E-state index contributed by atoms with van der Waals surface area (Å²) >= 11 is 4.80. The van der Waals surface area contributed by atoms with Crippen LogP contribution in [0, 0.1) is 5.82 Å². The minimum absolute atomic E-state index is 0.181. The monoisotopic (exact) mass is 359 g/mol. The molecule has 1 heterocycles. The van der Waals surface area contributed by atoms with Crippen LogP contribution in [0.3, 0.4) is 0 Å². The van der Waals surface area contributed by atoms with Crippen LogP contribution in [0.4, 0.5) is 4.39 Å². The third kappa shape index (κ3) is 3.73. The van der Waals surface area contributed by atoms with Crippen LogP contribution < -0.4 is 5.69 Å². The molecule has 7 heteroatoms. The lowest BCUT2D eigenvalue weighted by Gasteiger charge is -2.06. The van der Waals surface area contributed by atoms with Crippen LogP contribution in [-0.4, -0.2) is 14.8 Å². The van der Waals surface area contributed by atoms with Crippen LogP contribution >= 0.6 is 27.7 Å². The number of nitrogens with zero attached hydrogens (tertiary/aromatic N) is 2. The van der Waals surface area contributed by atoms with Crippen molar-refractivity contribution in [2.45, 2.75) is 37.2 Å². The maximum atomic E-state index is 13.0. The van der Waals surface area contributed by atoms with Gasteiger partial charge >= 0.3 is 5.69 Å². The van der Waals surface area contributed by atoms with Gasteiger partial charge in [-0.15, -0.1) is 5.10 Å². The van der Waals surface area contributed by atoms with Gasteiger partial charge in [0.05, 0.1) is 0 Å². The van der Waals surface area contributed by atoms with Crippen molar-refractivity contribution in [3.8, 4) is 0 Å². The van der Waals surface area contributed by atoms with E-state index in [4.69, 9.17) is 0 Å². The number of hydrogen-bond donors (Lipinski definition) is 1. The quantitative estimate of drug-likeness (QED) is 0.802. The molecule has 2 aromatic rings. The van der Waals surface area contributed by atoms with E-state index in [9.17, 15) is 9.18 Å². The summed E-state index contributed by atoms with van der Waals surface area (Å²) in [6.07, 6.45) is 1.96. The van der Waals surface area contributed by atoms with Crippen LogP contribution in [0.2, 0.25) is 0 Å². The number of unbranched alkanes of at least 4 members (excludes halogenated alkanes) is 1. The van der Waals surface area contributed by atoms with Gasteiger partial charge in [0, 0.05) is 16.8 Å². The Hall–Kier alpha value is -1.08. The van der Waals surface area contributed by atoms with Gasteiger partial charge in [-0.2, -0.15) is 0 Å². The Balaban J connectivity index is 2.09. The molecule has 1 aromatic carbocycles. The van der Waals surface area contributed by atoms with Gasteiger partial charge in [0.25, 0.3) is 0 Å². The van der Waals surface area contributed by atoms with Crippen LogP contribution in [0.15, 0.2) is 32.6 Å². The third-order valence-electron chi connectivity index (χ3n) is 2.83. The predicted molar refractivity (Wildman–Crippen MR) is 81.4 cm³/mol. The second-order valence-electron chi connectivity index (χ2n) is 4.34. The van der Waals surface area contributed by atoms with Gasteiger partial charge in [0.15, 0.2) is 5.16 Å². The number of H-pyrrole nitrogens is 1. The van der Waals surface area contributed by atoms with Crippen molar-refractivity contribution in [3.63, 3.8) is 0 Å². The summed E-state index contributed by atoms with van der Waals surface area (Å²) in [5.74, 6) is 0.349. The van der Waals surface area contributed by atoms with Gasteiger partial charge in [0.2, 0.25) is 0 Å². The number of aromatic amines is 1. The van der Waals surface area contributed by atoms with Crippen molar-refractivity contribution in [1.29, 1.82) is 0 Å². The summed E-state index contributed by atoms with van der Waals surface area (Å²) in [6.45, 7) is 2.74. The molecule has 0 aliphatic heterocycles. The average Bonchev–Trinajstić information content (AvgIpc) is 2.76. The van der Waals surface area contributed by atoms with Gasteiger partial charge in [-0.05, 0) is 24.1 Å². The van der Waals surface area contributed by atoms with E-state index in [1.54, 1.807) is 10.6 Å². The van der Waals surface area contributed by atoms with Crippen LogP contribution in [-0.2, 0) is 12.3 Å². The molecule has 0 radical (unpaired) electrons. The summed E-state index contributed by atoms with van der Waals surface area (Å²) in [7, 11) is 0. The Labute approximate surface area is 128 Å². The topological polar surface area (TPSA) is 50.7 Å². The standard InChI is InChI=1S/C13H15BrFN3OS/c1-2-3-6-18-12(19)16-17-13(18)20-8-9-4-5-10(15)7-11(9)14/h4-5,7H,2-3,6,8H2,1H3,(H,16,19). The molecule has 0 unspecified atom stereocenters. The minimum Gasteiger partial charge on any atom is -0.270 e. The molecule has 4 nitrogen and oxygen atoms in total. The number of benzene rings is 1. The first-order chi connectivity index (χ1) is 9.61. The lowest BCUT2D eigenvalue weighted by molar-refractivity contribution is 0.573. The fourth-order valence-electron chi connectivity index (χ4n) is 1.71. The zero-order valence-electron chi connectivity index (χ0n) is 11.0. The molecule has 1 aromatic heterocycles. The van der Waals surface area contributed by atoms with E-state index in [0.717, 1.165) is 22.9 Å². The molecule has 2 rings (SSSR count). The van der Waals surface area contributed by atoms with Gasteiger partial charge in [0.1, 0.15) is 5.82 Å². The van der Waals surface area contributed by atoms with Crippen molar-refractivity contribution in [2.75, 3.05) is 0 Å². The fourth-order valence-corrected chi connectivity index (χ4v) is 3.36. The first-order valence-electron chi connectivity index (χ1n) is 6.33. The highest BCUT2D eigenvalue weighted by molar-refractivity contribution is 9.10. The molecule has 0 spiro atoms. The summed E-state index contributed by atoms with van der Waals surface area (Å²) in [4.78, 5) is 11.6. The maximum Gasteiger partial charge on any atom is 0.343 e. The minimum atomic E-state index is -0.273. The van der Waals surface area contributed by atoms with Crippen LogP contribution in [0.25, 0.3) is 0 Å². The van der Waals surface area contributed by atoms with E-state index in [1.165, 1.54) is 23.9 Å². The molecular formula is C13H15BrFN3OS. The number of thioether (sulfide) groups is 1. The highest BCUT2D eigenvalue weighted by Gasteiger charge is 2.10. The predicted octanol–water partition coefficient (Wildman–Crippen LogP) is 3.57. The normalized spacial score (nSPS) is 10.9. The van der Waals surface area contributed by atoms with Crippen molar-refractivity contribution >= 4 is 27.7 Å². The molecule has 1 N–H and O–H groups in total. The van der Waals surface area contributed by atoms with E-state index in [0.29, 0.717) is 17.5 Å². The number of halogens is 2. The molecule has 0 saturated heterocycles. The Morgan fingerprint density at radius 1 is 1.50 bits per heavy atom. The molecule has 0 aliphatic carbocycles. The smallest absolute Gasteiger partial charge is 0.270 e. The van der Waals surface area contributed by atoms with Crippen molar-refractivity contribution in [3.05, 3.63) is 44.5 Å². The van der Waals surface area contributed by atoms with E-state index in [2.05, 4.69) is 33.1 Å². The van der Waals surface area contributed by atoms with E-state index < -0.39 is 0 Å². The second kappa shape index (κ2) is 7.08. The summed E-state index contributed by atoms with van der Waals surface area (Å²) in [6, 6.07) is 4.59. The molecule has 0 bridgehead atoms. The third-order valence-corrected chi connectivity index (χ3v) is 4.59. The zero-order chi connectivity index (χ0) is 14.5. The zero-order valence-corrected chi connectivity index (χ0v) is 13.4. The van der Waals surface area contributed by atoms with Crippen LogP contribution in [0.1, 0.15) is 25.3 Å². The van der Waals surface area contributed by atoms with Gasteiger partial charge in [-0.3, -0.25) is 4.57 Å². The SMILES string of the molecule is CCCCn1c(SCc2ccc(F)cc2Br)n[nH]c1=O. The maximum absolute atomic E-state index is 13.0. The van der Waals surface area contributed by atoms with Crippen molar-refractivity contribution < 1.29 is 4.39 Å². The highest BCUT2D eigenvalue weighted by Crippen LogP contribution is 2.26. The Morgan fingerprint density at radius 3 is 3.00 bits per heavy atom. The number of aromatic nitrogens is 3. The Morgan fingerprint density at radius 2 is 2.30 bits per heavy atom. The Bertz CT molecular complexity index is 641. The number of hydrogen-bond acceptors (Lipinski definition) is 3. The molecule has 0 saturated carbocycles. The highest BCUT2D eigenvalue weighted by atomic mass is 79.9. The molecule has 0 aliphatic rings. The molecule has 108 valence electrons. The average molecular weight is 360 g/mol. The molecule has 20 heavy (non-hydrogen) atoms. The lowest BCUT2D eigenvalue weighted by atomic mass is 10.2. The molecule has 0 fully saturated rings. The second-order valence-corrected chi connectivity index (χ2v) is 6.14. The van der Waals surface area contributed by atoms with Crippen LogP contribution in [0.5, 0.6) is 0 Å². The van der Waals surface area contributed by atoms with Crippen molar-refractivity contribution in [2.24, 2.45) is 0 Å². The van der Waals surface area contributed by atoms with Gasteiger partial charge in [-0.25, -0.2) is 14.3 Å². The van der Waals surface area contributed by atoms with Crippen molar-refractivity contribution in [1.82, 2.24) is 14.8 Å². The summed E-state index contributed by atoms with van der Waals surface area (Å²) < 4.78 is 15.4. The lowest BCUT2D eigenvalue weighted by Crippen LogP contribution is -2.17. The molecule has 0 atom stereocenters. The van der Waals surface area contributed by atoms with Gasteiger partial charge in [-0.1, -0.05) is 47.1 Å². The first-order valence-corrected chi connectivity index (χ1v) is 8.11. The summed E-state index contributed by atoms with van der Waals surface area (Å²) in [5, 5.41) is 7.17. The molecular weight excluding hydrogens is 345 g/mol. The Kier molecular flexibility index (Phi) is 5.42. The molecule has 0 amide bonds. The summed E-state index contributed by atoms with van der Waals surface area (Å²) in [5.41, 5.74) is 0.785. The van der Waals surface area contributed by atoms with E-state index in [1.807, 2.05) is 0 Å². The van der Waals surface area contributed by atoms with Gasteiger partial charge < -0.3 is 0 Å². The number of nitrogens with one attached hydrogen (secondary N) is 1. The van der Waals surface area contributed by atoms with E-state index >= 15 is 0 Å². The largest absolute Gasteiger partial charge is 0.343 e. The fraction of sp³-hybridized carbons (Fsp3) is 0.385. The first kappa shape index (κ1) is 15.3.